The molecular formula is C15H23N5O. The number of hydrazine groups is 1. The van der Waals surface area contributed by atoms with Gasteiger partial charge in [-0.15, -0.1) is 0 Å². The minimum Gasteiger partial charge on any atom is -0.494 e. The van der Waals surface area contributed by atoms with Crippen LogP contribution in [0.15, 0.2) is 30.6 Å². The number of nitrogens with zero attached hydrogens (tertiary/aromatic N) is 3. The van der Waals surface area contributed by atoms with Crippen molar-refractivity contribution in [3.8, 4) is 5.75 Å². The Kier molecular flexibility index (Phi) is 5.30. The van der Waals surface area contributed by atoms with Crippen LogP contribution in [0.4, 0.5) is 0 Å². The van der Waals surface area contributed by atoms with Gasteiger partial charge in [0.1, 0.15) is 17.9 Å². The second-order valence-corrected chi connectivity index (χ2v) is 5.14. The lowest BCUT2D eigenvalue weighted by molar-refractivity contribution is 0.340. The van der Waals surface area contributed by atoms with Gasteiger partial charge < -0.3 is 4.74 Å². The summed E-state index contributed by atoms with van der Waals surface area (Å²) in [6.07, 6.45) is 2.27. The number of hydrogen-bond acceptors (Lipinski definition) is 5. The molecular weight excluding hydrogens is 266 g/mol. The summed E-state index contributed by atoms with van der Waals surface area (Å²) in [5.41, 5.74) is 3.95. The average molecular weight is 289 g/mol. The Bertz CT molecular complexity index is 549. The Morgan fingerprint density at radius 3 is 2.57 bits per heavy atom. The van der Waals surface area contributed by atoms with E-state index in [-0.39, 0.29) is 12.1 Å². The van der Waals surface area contributed by atoms with Crippen molar-refractivity contribution in [2.75, 3.05) is 6.61 Å². The number of benzene rings is 1. The molecule has 1 heterocycles. The molecule has 114 valence electrons. The second-order valence-electron chi connectivity index (χ2n) is 5.14. The monoisotopic (exact) mass is 289 g/mol. The predicted octanol–water partition coefficient (Wildman–Crippen LogP) is 2.00. The second kappa shape index (κ2) is 7.19. The highest BCUT2D eigenvalue weighted by Crippen LogP contribution is 2.21. The van der Waals surface area contributed by atoms with Gasteiger partial charge in [0.25, 0.3) is 0 Å². The van der Waals surface area contributed by atoms with Gasteiger partial charge in [0.15, 0.2) is 0 Å². The number of rotatable bonds is 7. The van der Waals surface area contributed by atoms with Crippen molar-refractivity contribution >= 4 is 0 Å². The van der Waals surface area contributed by atoms with E-state index < -0.39 is 0 Å². The van der Waals surface area contributed by atoms with Crippen LogP contribution in [0.1, 0.15) is 44.2 Å². The fraction of sp³-hybridized carbons (Fsp3) is 0.467. The van der Waals surface area contributed by atoms with Crippen molar-refractivity contribution in [1.82, 2.24) is 20.2 Å². The predicted molar refractivity (Wildman–Crippen MR) is 81.8 cm³/mol. The lowest BCUT2D eigenvalue weighted by atomic mass is 10.0. The number of nitrogens with two attached hydrogens (primary N) is 1. The van der Waals surface area contributed by atoms with Crippen molar-refractivity contribution < 1.29 is 4.74 Å². The summed E-state index contributed by atoms with van der Waals surface area (Å²) in [6.45, 7) is 6.80. The van der Waals surface area contributed by atoms with Crippen LogP contribution in [-0.2, 0) is 6.42 Å². The molecule has 0 saturated carbocycles. The van der Waals surface area contributed by atoms with Gasteiger partial charge in [0, 0.05) is 12.5 Å². The SMILES string of the molecule is CCOc1ccc(C(Cc2ncnn2C(C)C)NN)cc1. The lowest BCUT2D eigenvalue weighted by Crippen LogP contribution is -2.30. The maximum atomic E-state index is 5.71. The number of hydrogen-bond donors (Lipinski definition) is 2. The fourth-order valence-electron chi connectivity index (χ4n) is 2.27. The molecule has 1 aromatic heterocycles. The van der Waals surface area contributed by atoms with Crippen LogP contribution in [0, 0.1) is 0 Å². The first-order valence-electron chi connectivity index (χ1n) is 7.23. The van der Waals surface area contributed by atoms with Crippen LogP contribution < -0.4 is 16.0 Å². The molecule has 2 rings (SSSR count). The summed E-state index contributed by atoms with van der Waals surface area (Å²) in [4.78, 5) is 4.33. The van der Waals surface area contributed by atoms with Gasteiger partial charge in [0.2, 0.25) is 0 Å². The third-order valence-corrected chi connectivity index (χ3v) is 3.32. The smallest absolute Gasteiger partial charge is 0.138 e. The minimum absolute atomic E-state index is 0.0117. The Morgan fingerprint density at radius 2 is 2.00 bits per heavy atom. The van der Waals surface area contributed by atoms with Gasteiger partial charge in [-0.05, 0) is 38.5 Å². The zero-order valence-electron chi connectivity index (χ0n) is 12.8. The molecule has 2 aromatic rings. The minimum atomic E-state index is -0.0117. The molecule has 0 aliphatic heterocycles. The van der Waals surface area contributed by atoms with Crippen LogP contribution in [-0.4, -0.2) is 21.4 Å². The fourth-order valence-corrected chi connectivity index (χ4v) is 2.27. The molecule has 3 N–H and O–H groups in total. The van der Waals surface area contributed by atoms with E-state index in [2.05, 4.69) is 29.4 Å². The highest BCUT2D eigenvalue weighted by molar-refractivity contribution is 5.29. The summed E-state index contributed by atoms with van der Waals surface area (Å²) in [5, 5.41) is 4.25. The Labute approximate surface area is 125 Å². The van der Waals surface area contributed by atoms with Gasteiger partial charge in [-0.3, -0.25) is 11.3 Å². The molecule has 1 unspecified atom stereocenters. The van der Waals surface area contributed by atoms with E-state index in [0.29, 0.717) is 13.0 Å². The summed E-state index contributed by atoms with van der Waals surface area (Å²) < 4.78 is 7.37. The van der Waals surface area contributed by atoms with Crippen LogP contribution in [0.5, 0.6) is 5.75 Å². The van der Waals surface area contributed by atoms with Gasteiger partial charge in [-0.1, -0.05) is 12.1 Å². The quantitative estimate of drug-likeness (QED) is 0.602. The van der Waals surface area contributed by atoms with Crippen molar-refractivity contribution in [2.45, 2.75) is 39.3 Å². The zero-order valence-corrected chi connectivity index (χ0v) is 12.8. The van der Waals surface area contributed by atoms with E-state index in [9.17, 15) is 0 Å². The highest BCUT2D eigenvalue weighted by atomic mass is 16.5. The number of aromatic nitrogens is 3. The van der Waals surface area contributed by atoms with Gasteiger partial charge >= 0.3 is 0 Å². The Morgan fingerprint density at radius 1 is 1.29 bits per heavy atom. The first-order chi connectivity index (χ1) is 10.2. The highest BCUT2D eigenvalue weighted by Gasteiger charge is 2.16. The van der Waals surface area contributed by atoms with E-state index in [1.165, 1.54) is 0 Å². The molecule has 0 spiro atoms. The van der Waals surface area contributed by atoms with Crippen molar-refractivity contribution in [3.05, 3.63) is 42.0 Å². The molecule has 6 heteroatoms. The van der Waals surface area contributed by atoms with E-state index in [0.717, 1.165) is 17.1 Å². The summed E-state index contributed by atoms with van der Waals surface area (Å²) in [6, 6.07) is 8.22. The van der Waals surface area contributed by atoms with Crippen LogP contribution >= 0.6 is 0 Å². The van der Waals surface area contributed by atoms with Crippen molar-refractivity contribution in [2.24, 2.45) is 5.84 Å². The van der Waals surface area contributed by atoms with E-state index in [1.54, 1.807) is 6.33 Å². The molecule has 0 aliphatic rings. The van der Waals surface area contributed by atoms with Gasteiger partial charge in [-0.2, -0.15) is 5.10 Å². The topological polar surface area (TPSA) is 78.0 Å². The van der Waals surface area contributed by atoms with Crippen LogP contribution in [0.25, 0.3) is 0 Å². The Balaban J connectivity index is 2.14. The first kappa shape index (κ1) is 15.5. The lowest BCUT2D eigenvalue weighted by Gasteiger charge is -2.18. The molecule has 0 bridgehead atoms. The number of nitrogens with one attached hydrogen (secondary N) is 1. The van der Waals surface area contributed by atoms with Crippen LogP contribution in [0.3, 0.4) is 0 Å². The molecule has 6 nitrogen and oxygen atoms in total. The summed E-state index contributed by atoms with van der Waals surface area (Å²) in [5.74, 6) is 7.49. The molecule has 0 aliphatic carbocycles. The molecule has 1 aromatic carbocycles. The summed E-state index contributed by atoms with van der Waals surface area (Å²) in [7, 11) is 0. The van der Waals surface area contributed by atoms with E-state index in [1.807, 2.05) is 35.9 Å². The molecule has 1 atom stereocenters. The maximum absolute atomic E-state index is 5.71. The third kappa shape index (κ3) is 3.80. The van der Waals surface area contributed by atoms with Gasteiger partial charge in [-0.25, -0.2) is 9.67 Å². The largest absolute Gasteiger partial charge is 0.494 e. The van der Waals surface area contributed by atoms with E-state index in [4.69, 9.17) is 10.6 Å². The molecule has 0 amide bonds. The molecule has 0 radical (unpaired) electrons. The average Bonchev–Trinajstić information content (AvgIpc) is 2.94. The molecule has 0 saturated heterocycles. The first-order valence-corrected chi connectivity index (χ1v) is 7.23. The normalized spacial score (nSPS) is 12.6. The maximum Gasteiger partial charge on any atom is 0.138 e. The molecule has 0 fully saturated rings. The van der Waals surface area contributed by atoms with Crippen molar-refractivity contribution in [1.29, 1.82) is 0 Å². The van der Waals surface area contributed by atoms with Crippen molar-refractivity contribution in [3.63, 3.8) is 0 Å². The molecule has 21 heavy (non-hydrogen) atoms. The standard InChI is InChI=1S/C15H23N5O/c1-4-21-13-7-5-12(6-8-13)14(19-16)9-15-17-10-18-20(15)11(2)3/h5-8,10-11,14,19H,4,9,16H2,1-3H3. The van der Waals surface area contributed by atoms with E-state index >= 15 is 0 Å². The Hall–Kier alpha value is -1.92. The zero-order chi connectivity index (χ0) is 15.2. The number of ether oxygens (including phenoxy) is 1. The van der Waals surface area contributed by atoms with Gasteiger partial charge in [0.05, 0.1) is 12.6 Å². The van der Waals surface area contributed by atoms with Crippen LogP contribution in [0.2, 0.25) is 0 Å². The summed E-state index contributed by atoms with van der Waals surface area (Å²) >= 11 is 0. The third-order valence-electron chi connectivity index (χ3n) is 3.32.